The summed E-state index contributed by atoms with van der Waals surface area (Å²) in [5.74, 6) is 0.241. The van der Waals surface area contributed by atoms with Crippen molar-refractivity contribution >= 4 is 50.1 Å². The Morgan fingerprint density at radius 2 is 2.29 bits per heavy atom. The summed E-state index contributed by atoms with van der Waals surface area (Å²) >= 11 is 6.03. The Bertz CT molecular complexity index is 636. The summed E-state index contributed by atoms with van der Waals surface area (Å²) in [5.41, 5.74) is 0.340. The van der Waals surface area contributed by atoms with Crippen LogP contribution in [-0.4, -0.2) is 21.9 Å². The van der Waals surface area contributed by atoms with Crippen molar-refractivity contribution in [2.24, 2.45) is 0 Å². The van der Waals surface area contributed by atoms with Crippen LogP contribution in [0.15, 0.2) is 27.0 Å². The number of carbonyl (C=O) groups is 1. The Hall–Kier alpha value is -0.990. The third-order valence-electron chi connectivity index (χ3n) is 2.47. The van der Waals surface area contributed by atoms with E-state index in [0.29, 0.717) is 15.2 Å². The third kappa shape index (κ3) is 4.76. The minimum atomic E-state index is -0.413. The van der Waals surface area contributed by atoms with Crippen LogP contribution in [0.25, 0.3) is 0 Å². The number of benzene rings is 1. The number of anilines is 1. The van der Waals surface area contributed by atoms with Gasteiger partial charge in [0.2, 0.25) is 11.0 Å². The molecule has 0 aliphatic heterocycles. The van der Waals surface area contributed by atoms with Crippen molar-refractivity contribution in [1.29, 1.82) is 0 Å². The van der Waals surface area contributed by atoms with Crippen molar-refractivity contribution in [3.63, 3.8) is 0 Å². The molecule has 0 aliphatic carbocycles. The molecule has 0 unspecified atom stereocenters. The number of nitrogens with zero attached hydrogens (tertiary/aromatic N) is 2. The molecule has 1 aromatic heterocycles. The number of hydrogen-bond donors (Lipinski definition) is 1. The number of thioether (sulfide) groups is 1. The highest BCUT2D eigenvalue weighted by Crippen LogP contribution is 2.26. The Morgan fingerprint density at radius 1 is 1.48 bits per heavy atom. The van der Waals surface area contributed by atoms with Gasteiger partial charge in [-0.15, -0.1) is 10.2 Å². The molecule has 1 N–H and O–H groups in total. The fourth-order valence-corrected chi connectivity index (χ4v) is 3.63. The monoisotopic (exact) mass is 389 g/mol. The van der Waals surface area contributed by atoms with Gasteiger partial charge in [-0.2, -0.15) is 0 Å². The molecule has 0 bridgehead atoms. The molecule has 0 saturated carbocycles. The molecule has 0 aliphatic rings. The van der Waals surface area contributed by atoms with Crippen LogP contribution in [0, 0.1) is 5.82 Å². The molecular formula is C13H13BrFN3OS2. The second kappa shape index (κ2) is 7.86. The van der Waals surface area contributed by atoms with E-state index in [1.54, 1.807) is 30.0 Å². The second-order valence-electron chi connectivity index (χ2n) is 4.16. The number of rotatable bonds is 6. The molecule has 21 heavy (non-hydrogen) atoms. The van der Waals surface area contributed by atoms with Gasteiger partial charge in [0.25, 0.3) is 0 Å². The molecule has 1 heterocycles. The normalized spacial score (nSPS) is 10.6. The topological polar surface area (TPSA) is 54.9 Å². The summed E-state index contributed by atoms with van der Waals surface area (Å²) in [7, 11) is 0. The average molecular weight is 390 g/mol. The summed E-state index contributed by atoms with van der Waals surface area (Å²) in [6.07, 6.45) is 1.01. The molecule has 0 radical (unpaired) electrons. The van der Waals surface area contributed by atoms with Gasteiger partial charge in [0.15, 0.2) is 4.34 Å². The van der Waals surface area contributed by atoms with Gasteiger partial charge in [-0.25, -0.2) is 4.39 Å². The fraction of sp³-hybridized carbons (Fsp3) is 0.308. The fourth-order valence-electron chi connectivity index (χ4n) is 1.53. The molecule has 0 atom stereocenters. The number of aromatic nitrogens is 2. The summed E-state index contributed by atoms with van der Waals surface area (Å²) < 4.78 is 15.0. The minimum Gasteiger partial charge on any atom is -0.300 e. The first-order chi connectivity index (χ1) is 10.1. The first kappa shape index (κ1) is 16.4. The van der Waals surface area contributed by atoms with E-state index in [4.69, 9.17) is 0 Å². The lowest BCUT2D eigenvalue weighted by Crippen LogP contribution is -2.15. The molecule has 2 rings (SSSR count). The average Bonchev–Trinajstić information content (AvgIpc) is 2.89. The second-order valence-corrected chi connectivity index (χ2v) is 7.33. The summed E-state index contributed by atoms with van der Waals surface area (Å²) in [5, 5.41) is 11.0. The van der Waals surface area contributed by atoms with Crippen LogP contribution in [0.4, 0.5) is 9.52 Å². The largest absolute Gasteiger partial charge is 0.300 e. The van der Waals surface area contributed by atoms with Crippen LogP contribution in [-0.2, 0) is 11.2 Å². The van der Waals surface area contributed by atoms with Gasteiger partial charge in [0.05, 0.1) is 10.9 Å². The maximum absolute atomic E-state index is 13.8. The smallest absolute Gasteiger partial charge is 0.230 e. The van der Waals surface area contributed by atoms with Gasteiger partial charge in [0.1, 0.15) is 5.82 Å². The lowest BCUT2D eigenvalue weighted by atomic mass is 10.1. The van der Waals surface area contributed by atoms with E-state index in [1.165, 1.54) is 11.3 Å². The first-order valence-electron chi connectivity index (χ1n) is 6.29. The van der Waals surface area contributed by atoms with Crippen molar-refractivity contribution in [1.82, 2.24) is 10.2 Å². The number of hydrogen-bond acceptors (Lipinski definition) is 5. The zero-order valence-electron chi connectivity index (χ0n) is 11.2. The predicted molar refractivity (Wildman–Crippen MR) is 87.4 cm³/mol. The summed E-state index contributed by atoms with van der Waals surface area (Å²) in [6, 6.07) is 4.88. The van der Waals surface area contributed by atoms with Gasteiger partial charge in [-0.3, -0.25) is 4.79 Å². The molecule has 4 nitrogen and oxygen atoms in total. The standard InChI is InChI=1S/C13H13BrFN3OS2/c1-2-6-20-13-18-17-12(21-13)16-10(19)7-8-4-3-5-9(14)11(8)15/h3-5H,2,6-7H2,1H3,(H,16,17,19). The van der Waals surface area contributed by atoms with Crippen LogP contribution in [0.1, 0.15) is 18.9 Å². The number of carbonyl (C=O) groups excluding carboxylic acids is 1. The molecule has 2 aromatic rings. The van der Waals surface area contributed by atoms with Crippen LogP contribution >= 0.6 is 39.0 Å². The van der Waals surface area contributed by atoms with Gasteiger partial charge in [-0.1, -0.05) is 42.2 Å². The maximum Gasteiger partial charge on any atom is 0.230 e. The third-order valence-corrected chi connectivity index (χ3v) is 5.26. The zero-order valence-corrected chi connectivity index (χ0v) is 14.4. The number of nitrogens with one attached hydrogen (secondary N) is 1. The SMILES string of the molecule is CCCSc1nnc(NC(=O)Cc2cccc(Br)c2F)s1. The summed E-state index contributed by atoms with van der Waals surface area (Å²) in [6.45, 7) is 2.09. The van der Waals surface area contributed by atoms with E-state index in [0.717, 1.165) is 16.5 Å². The van der Waals surface area contributed by atoms with Crippen LogP contribution in [0.2, 0.25) is 0 Å². The molecule has 112 valence electrons. The molecule has 0 saturated heterocycles. The lowest BCUT2D eigenvalue weighted by Gasteiger charge is -2.04. The van der Waals surface area contributed by atoms with Crippen LogP contribution in [0.5, 0.6) is 0 Å². The highest BCUT2D eigenvalue weighted by molar-refractivity contribution is 9.10. The highest BCUT2D eigenvalue weighted by atomic mass is 79.9. The van der Waals surface area contributed by atoms with Gasteiger partial charge in [0, 0.05) is 5.75 Å². The predicted octanol–water partition coefficient (Wildman–Crippen LogP) is 4.12. The highest BCUT2D eigenvalue weighted by Gasteiger charge is 2.12. The Kier molecular flexibility index (Phi) is 6.13. The van der Waals surface area contributed by atoms with Crippen molar-refractivity contribution in [2.75, 3.05) is 11.1 Å². The van der Waals surface area contributed by atoms with E-state index < -0.39 is 5.82 Å². The molecule has 1 aromatic carbocycles. The minimum absolute atomic E-state index is 0.0394. The van der Waals surface area contributed by atoms with Crippen molar-refractivity contribution < 1.29 is 9.18 Å². The molecular weight excluding hydrogens is 377 g/mol. The van der Waals surface area contributed by atoms with Crippen molar-refractivity contribution in [2.45, 2.75) is 24.1 Å². The zero-order chi connectivity index (χ0) is 15.2. The molecule has 0 spiro atoms. The number of amides is 1. The van der Waals surface area contributed by atoms with E-state index in [1.807, 2.05) is 0 Å². The van der Waals surface area contributed by atoms with E-state index in [9.17, 15) is 9.18 Å². The van der Waals surface area contributed by atoms with Crippen LogP contribution in [0.3, 0.4) is 0 Å². The Morgan fingerprint density at radius 3 is 3.05 bits per heavy atom. The molecule has 8 heteroatoms. The van der Waals surface area contributed by atoms with Crippen molar-refractivity contribution in [3.8, 4) is 0 Å². The summed E-state index contributed by atoms with van der Waals surface area (Å²) in [4.78, 5) is 11.9. The van der Waals surface area contributed by atoms with Gasteiger partial charge in [-0.05, 0) is 34.0 Å². The van der Waals surface area contributed by atoms with E-state index in [2.05, 4.69) is 38.4 Å². The lowest BCUT2D eigenvalue weighted by molar-refractivity contribution is -0.115. The Balaban J connectivity index is 1.95. The number of halogens is 2. The molecule has 1 amide bonds. The van der Waals surface area contributed by atoms with Gasteiger partial charge < -0.3 is 5.32 Å². The van der Waals surface area contributed by atoms with Crippen LogP contribution < -0.4 is 5.32 Å². The Labute approximate surface area is 138 Å². The quantitative estimate of drug-likeness (QED) is 0.596. The van der Waals surface area contributed by atoms with E-state index >= 15 is 0 Å². The van der Waals surface area contributed by atoms with E-state index in [-0.39, 0.29) is 12.3 Å². The van der Waals surface area contributed by atoms with Gasteiger partial charge >= 0.3 is 0 Å². The first-order valence-corrected chi connectivity index (χ1v) is 8.88. The molecule has 0 fully saturated rings. The maximum atomic E-state index is 13.8. The van der Waals surface area contributed by atoms with Crippen molar-refractivity contribution in [3.05, 3.63) is 34.1 Å².